The van der Waals surface area contributed by atoms with E-state index in [0.717, 1.165) is 32.2 Å². The molecule has 0 aromatic rings. The van der Waals surface area contributed by atoms with E-state index in [1.54, 1.807) is 0 Å². The van der Waals surface area contributed by atoms with Crippen LogP contribution < -0.4 is 10.6 Å². The second-order valence-corrected chi connectivity index (χ2v) is 8.03. The fourth-order valence-corrected chi connectivity index (χ4v) is 3.03. The van der Waals surface area contributed by atoms with Crippen molar-refractivity contribution in [1.82, 2.24) is 15.5 Å². The summed E-state index contributed by atoms with van der Waals surface area (Å²) in [5.74, 6) is 0.865. The third-order valence-electron chi connectivity index (χ3n) is 4.42. The lowest BCUT2D eigenvalue weighted by atomic mass is 10.2. The summed E-state index contributed by atoms with van der Waals surface area (Å²) in [4.78, 5) is 6.86. The maximum atomic E-state index is 5.96. The molecular weight excluding hydrogens is 284 g/mol. The maximum absolute atomic E-state index is 5.96. The maximum Gasteiger partial charge on any atom is 0.191 e. The lowest BCUT2D eigenvalue weighted by Gasteiger charge is -2.35. The highest BCUT2D eigenvalue weighted by atomic mass is 32.2. The van der Waals surface area contributed by atoms with Gasteiger partial charge in [0.15, 0.2) is 5.96 Å². The van der Waals surface area contributed by atoms with Crippen LogP contribution in [0.2, 0.25) is 0 Å². The van der Waals surface area contributed by atoms with Crippen LogP contribution in [0.15, 0.2) is 4.99 Å². The zero-order valence-corrected chi connectivity index (χ0v) is 14.6. The molecule has 0 spiro atoms. The van der Waals surface area contributed by atoms with Crippen molar-refractivity contribution in [1.29, 1.82) is 0 Å². The van der Waals surface area contributed by atoms with Gasteiger partial charge in [-0.1, -0.05) is 0 Å². The molecule has 2 saturated heterocycles. The monoisotopic (exact) mass is 314 g/mol. The Balaban J connectivity index is 1.71. The largest absolute Gasteiger partial charge is 0.373 e. The molecule has 0 bridgehead atoms. The van der Waals surface area contributed by atoms with E-state index in [1.807, 2.05) is 18.8 Å². The Morgan fingerprint density at radius 1 is 1.43 bits per heavy atom. The smallest absolute Gasteiger partial charge is 0.191 e. The number of fused-ring (bicyclic) bond motifs is 1. The van der Waals surface area contributed by atoms with Crippen molar-refractivity contribution in [3.63, 3.8) is 0 Å². The molecule has 0 aromatic carbocycles. The first-order chi connectivity index (χ1) is 10.0. The average Bonchev–Trinajstić information content (AvgIpc) is 2.95. The summed E-state index contributed by atoms with van der Waals surface area (Å²) in [5, 5.41) is 6.79. The van der Waals surface area contributed by atoms with Gasteiger partial charge in [0, 0.05) is 37.5 Å². The van der Waals surface area contributed by atoms with Crippen LogP contribution in [0.1, 0.15) is 26.7 Å². The lowest BCUT2D eigenvalue weighted by Crippen LogP contribution is -2.52. The fraction of sp³-hybridized carbons (Fsp3) is 0.933. The van der Waals surface area contributed by atoms with Crippen LogP contribution in [-0.2, 0) is 4.74 Å². The normalized spacial score (nSPS) is 27.5. The highest BCUT2D eigenvalue weighted by Crippen LogP contribution is 2.22. The standard InChI is InChI=1S/C15H30N4OS/c1-15(2,21-4)11-18-14(16-3)17-8-13-9-19-7-5-6-12(19)10-20-13/h12-13H,5-11H2,1-4H3,(H2,16,17,18). The van der Waals surface area contributed by atoms with E-state index in [2.05, 4.69) is 40.6 Å². The van der Waals surface area contributed by atoms with Gasteiger partial charge in [-0.2, -0.15) is 11.8 Å². The molecule has 2 rings (SSSR count). The molecule has 6 heteroatoms. The minimum Gasteiger partial charge on any atom is -0.373 e. The third kappa shape index (κ3) is 5.04. The molecule has 2 aliphatic heterocycles. The van der Waals surface area contributed by atoms with E-state index in [9.17, 15) is 0 Å². The van der Waals surface area contributed by atoms with Crippen molar-refractivity contribution in [2.24, 2.45) is 4.99 Å². The predicted molar refractivity (Wildman–Crippen MR) is 91.3 cm³/mol. The van der Waals surface area contributed by atoms with Crippen molar-refractivity contribution in [3.05, 3.63) is 0 Å². The minimum absolute atomic E-state index is 0.210. The number of nitrogens with zero attached hydrogens (tertiary/aromatic N) is 2. The summed E-state index contributed by atoms with van der Waals surface area (Å²) in [6.07, 6.45) is 5.03. The number of hydrogen-bond donors (Lipinski definition) is 2. The molecule has 2 aliphatic rings. The van der Waals surface area contributed by atoms with Gasteiger partial charge in [-0.15, -0.1) is 0 Å². The first-order valence-electron chi connectivity index (χ1n) is 7.89. The van der Waals surface area contributed by atoms with Gasteiger partial charge in [0.2, 0.25) is 0 Å². The zero-order chi connectivity index (χ0) is 15.3. The number of thioether (sulfide) groups is 1. The van der Waals surface area contributed by atoms with Gasteiger partial charge >= 0.3 is 0 Å². The Kier molecular flexibility index (Phi) is 6.20. The van der Waals surface area contributed by atoms with Crippen LogP contribution in [-0.4, -0.2) is 73.8 Å². The average molecular weight is 314 g/mol. The molecule has 0 aromatic heterocycles. The fourth-order valence-electron chi connectivity index (χ4n) is 2.81. The Morgan fingerprint density at radius 3 is 2.95 bits per heavy atom. The Hall–Kier alpha value is -0.460. The highest BCUT2D eigenvalue weighted by molar-refractivity contribution is 7.99. The van der Waals surface area contributed by atoms with Gasteiger partial charge in [-0.3, -0.25) is 9.89 Å². The second kappa shape index (κ2) is 7.70. The Bertz CT molecular complexity index is 362. The van der Waals surface area contributed by atoms with E-state index < -0.39 is 0 Å². The van der Waals surface area contributed by atoms with Crippen LogP contribution >= 0.6 is 11.8 Å². The molecule has 0 aliphatic carbocycles. The van der Waals surface area contributed by atoms with E-state index in [4.69, 9.17) is 4.74 Å². The minimum atomic E-state index is 0.210. The molecule has 2 heterocycles. The van der Waals surface area contributed by atoms with Crippen LogP contribution in [0.3, 0.4) is 0 Å². The van der Waals surface area contributed by atoms with Gasteiger partial charge in [0.05, 0.1) is 12.7 Å². The predicted octanol–water partition coefficient (Wildman–Crippen LogP) is 1.16. The molecule has 0 saturated carbocycles. The second-order valence-electron chi connectivity index (χ2n) is 6.52. The van der Waals surface area contributed by atoms with Gasteiger partial charge < -0.3 is 15.4 Å². The highest BCUT2D eigenvalue weighted by Gasteiger charge is 2.32. The summed E-state index contributed by atoms with van der Waals surface area (Å²) >= 11 is 1.86. The lowest BCUT2D eigenvalue weighted by molar-refractivity contribution is -0.0453. The topological polar surface area (TPSA) is 48.9 Å². The number of rotatable bonds is 5. The first kappa shape index (κ1) is 16.9. The summed E-state index contributed by atoms with van der Waals surface area (Å²) < 4.78 is 6.17. The molecule has 0 radical (unpaired) electrons. The molecule has 2 atom stereocenters. The third-order valence-corrected chi connectivity index (χ3v) is 5.67. The summed E-state index contributed by atoms with van der Waals surface area (Å²) in [6.45, 7) is 9.35. The number of aliphatic imine (C=N–C) groups is 1. The van der Waals surface area contributed by atoms with Gasteiger partial charge in [0.1, 0.15) is 0 Å². The number of ether oxygens (including phenoxy) is 1. The van der Waals surface area contributed by atoms with Gasteiger partial charge in [-0.05, 0) is 39.5 Å². The van der Waals surface area contributed by atoms with Crippen molar-refractivity contribution in [2.75, 3.05) is 46.1 Å². The molecule has 122 valence electrons. The van der Waals surface area contributed by atoms with Gasteiger partial charge in [-0.25, -0.2) is 0 Å². The summed E-state index contributed by atoms with van der Waals surface area (Å²) in [5.41, 5.74) is 0. The van der Waals surface area contributed by atoms with Crippen LogP contribution in [0.5, 0.6) is 0 Å². The van der Waals surface area contributed by atoms with Crippen molar-refractivity contribution < 1.29 is 4.74 Å². The molecule has 2 fully saturated rings. The molecule has 2 N–H and O–H groups in total. The number of nitrogens with one attached hydrogen (secondary N) is 2. The van der Waals surface area contributed by atoms with Crippen LogP contribution in [0.4, 0.5) is 0 Å². The molecule has 5 nitrogen and oxygen atoms in total. The number of morpholine rings is 1. The van der Waals surface area contributed by atoms with E-state index in [1.165, 1.54) is 19.4 Å². The van der Waals surface area contributed by atoms with Gasteiger partial charge in [0.25, 0.3) is 0 Å². The zero-order valence-electron chi connectivity index (χ0n) is 13.8. The molecule has 2 unspecified atom stereocenters. The van der Waals surface area contributed by atoms with E-state index >= 15 is 0 Å². The Morgan fingerprint density at radius 2 is 2.24 bits per heavy atom. The molecule has 0 amide bonds. The summed E-state index contributed by atoms with van der Waals surface area (Å²) in [6, 6.07) is 0.668. The van der Waals surface area contributed by atoms with E-state index in [-0.39, 0.29) is 10.9 Å². The Labute approximate surface area is 133 Å². The number of hydrogen-bond acceptors (Lipinski definition) is 4. The van der Waals surface area contributed by atoms with Crippen molar-refractivity contribution in [2.45, 2.75) is 43.6 Å². The molecule has 21 heavy (non-hydrogen) atoms. The van der Waals surface area contributed by atoms with Crippen LogP contribution in [0, 0.1) is 0 Å². The first-order valence-corrected chi connectivity index (χ1v) is 9.12. The van der Waals surface area contributed by atoms with Crippen molar-refractivity contribution >= 4 is 17.7 Å². The SMILES string of the molecule is CN=C(NCC1CN2CCCC2CO1)NCC(C)(C)SC. The quantitative estimate of drug-likeness (QED) is 0.589. The van der Waals surface area contributed by atoms with E-state index in [0.29, 0.717) is 6.04 Å². The van der Waals surface area contributed by atoms with Crippen molar-refractivity contribution in [3.8, 4) is 0 Å². The molecular formula is C15H30N4OS. The summed E-state index contributed by atoms with van der Waals surface area (Å²) in [7, 11) is 1.82. The number of guanidine groups is 1. The van der Waals surface area contributed by atoms with Crippen LogP contribution in [0.25, 0.3) is 0 Å².